The van der Waals surface area contributed by atoms with Gasteiger partial charge in [0.2, 0.25) is 0 Å². The van der Waals surface area contributed by atoms with Crippen molar-refractivity contribution in [2.45, 2.75) is 13.8 Å². The second-order valence-corrected chi connectivity index (χ2v) is 4.87. The van der Waals surface area contributed by atoms with Crippen molar-refractivity contribution in [1.29, 1.82) is 0 Å². The number of thioether (sulfide) groups is 1. The zero-order valence-electron chi connectivity index (χ0n) is 7.74. The SMILES string of the molecule is CC(=O)SCC=Cc1cc(C)cs1. The lowest BCUT2D eigenvalue weighted by Gasteiger charge is -1.87. The van der Waals surface area contributed by atoms with Crippen LogP contribution in [-0.2, 0) is 4.79 Å². The van der Waals surface area contributed by atoms with Gasteiger partial charge in [-0.2, -0.15) is 0 Å². The van der Waals surface area contributed by atoms with Gasteiger partial charge in [0, 0.05) is 17.6 Å². The topological polar surface area (TPSA) is 17.1 Å². The molecule has 13 heavy (non-hydrogen) atoms. The van der Waals surface area contributed by atoms with Gasteiger partial charge in [-0.1, -0.05) is 17.8 Å². The van der Waals surface area contributed by atoms with Crippen molar-refractivity contribution in [3.8, 4) is 0 Å². The molecule has 70 valence electrons. The molecule has 0 spiro atoms. The number of carbonyl (C=O) groups excluding carboxylic acids is 1. The Bertz CT molecular complexity index is 312. The molecule has 0 saturated heterocycles. The fraction of sp³-hybridized carbons (Fsp3) is 0.300. The van der Waals surface area contributed by atoms with E-state index in [0.717, 1.165) is 5.75 Å². The minimum atomic E-state index is 0.173. The molecular weight excluding hydrogens is 200 g/mol. The first-order chi connectivity index (χ1) is 6.18. The van der Waals surface area contributed by atoms with Crippen molar-refractivity contribution in [2.24, 2.45) is 0 Å². The van der Waals surface area contributed by atoms with Crippen LogP contribution in [-0.4, -0.2) is 10.9 Å². The first-order valence-electron chi connectivity index (χ1n) is 4.03. The second-order valence-electron chi connectivity index (χ2n) is 2.73. The third-order valence-corrected chi connectivity index (χ3v) is 3.20. The number of aryl methyl sites for hydroxylation is 1. The van der Waals surface area contributed by atoms with Gasteiger partial charge in [0.1, 0.15) is 0 Å². The van der Waals surface area contributed by atoms with Crippen LogP contribution in [0, 0.1) is 6.92 Å². The van der Waals surface area contributed by atoms with Gasteiger partial charge in [-0.15, -0.1) is 11.3 Å². The summed E-state index contributed by atoms with van der Waals surface area (Å²) in [6.45, 7) is 3.67. The van der Waals surface area contributed by atoms with E-state index in [1.807, 2.05) is 6.08 Å². The Morgan fingerprint density at radius 3 is 3.00 bits per heavy atom. The summed E-state index contributed by atoms with van der Waals surface area (Å²) in [5.74, 6) is 0.770. The van der Waals surface area contributed by atoms with E-state index in [-0.39, 0.29) is 5.12 Å². The monoisotopic (exact) mass is 212 g/mol. The largest absolute Gasteiger partial charge is 0.288 e. The minimum absolute atomic E-state index is 0.173. The van der Waals surface area contributed by atoms with Crippen molar-refractivity contribution < 1.29 is 4.79 Å². The number of hydrogen-bond acceptors (Lipinski definition) is 3. The van der Waals surface area contributed by atoms with Crippen LogP contribution in [0.2, 0.25) is 0 Å². The lowest BCUT2D eigenvalue weighted by Crippen LogP contribution is -1.80. The highest BCUT2D eigenvalue weighted by Crippen LogP contribution is 2.15. The van der Waals surface area contributed by atoms with Crippen LogP contribution >= 0.6 is 23.1 Å². The molecule has 1 rings (SSSR count). The molecule has 1 heterocycles. The van der Waals surface area contributed by atoms with Crippen molar-refractivity contribution in [3.05, 3.63) is 28.0 Å². The zero-order chi connectivity index (χ0) is 9.68. The van der Waals surface area contributed by atoms with Gasteiger partial charge in [0.05, 0.1) is 0 Å². The number of hydrogen-bond donors (Lipinski definition) is 0. The molecule has 0 atom stereocenters. The lowest BCUT2D eigenvalue weighted by atomic mass is 10.3. The second kappa shape index (κ2) is 5.25. The summed E-state index contributed by atoms with van der Waals surface area (Å²) in [4.78, 5) is 11.8. The fourth-order valence-electron chi connectivity index (χ4n) is 0.871. The predicted octanol–water partition coefficient (Wildman–Crippen LogP) is 3.35. The summed E-state index contributed by atoms with van der Waals surface area (Å²) >= 11 is 3.06. The third kappa shape index (κ3) is 4.29. The van der Waals surface area contributed by atoms with E-state index in [2.05, 4.69) is 24.4 Å². The standard InChI is InChI=1S/C10H12OS2/c1-8-6-10(13-7-8)4-3-5-12-9(2)11/h3-4,6-7H,5H2,1-2H3. The Morgan fingerprint density at radius 1 is 1.69 bits per heavy atom. The average Bonchev–Trinajstić information content (AvgIpc) is 2.45. The first-order valence-corrected chi connectivity index (χ1v) is 5.90. The fourth-order valence-corrected chi connectivity index (χ4v) is 2.12. The van der Waals surface area contributed by atoms with Crippen LogP contribution in [0.15, 0.2) is 17.5 Å². The molecule has 0 N–H and O–H groups in total. The molecule has 0 amide bonds. The Labute approximate surface area is 86.9 Å². The highest BCUT2D eigenvalue weighted by Gasteiger charge is 1.92. The van der Waals surface area contributed by atoms with E-state index < -0.39 is 0 Å². The van der Waals surface area contributed by atoms with Crippen LogP contribution in [0.5, 0.6) is 0 Å². The predicted molar refractivity (Wildman–Crippen MR) is 61.2 cm³/mol. The van der Waals surface area contributed by atoms with E-state index in [1.165, 1.54) is 22.2 Å². The van der Waals surface area contributed by atoms with Crippen molar-refractivity contribution >= 4 is 34.3 Å². The maximum atomic E-state index is 10.6. The summed E-state index contributed by atoms with van der Waals surface area (Å²) in [7, 11) is 0. The quantitative estimate of drug-likeness (QED) is 0.764. The molecule has 0 saturated carbocycles. The van der Waals surface area contributed by atoms with Crippen LogP contribution < -0.4 is 0 Å². The molecule has 0 aliphatic carbocycles. The number of rotatable bonds is 3. The zero-order valence-corrected chi connectivity index (χ0v) is 9.37. The summed E-state index contributed by atoms with van der Waals surface area (Å²) in [5.41, 5.74) is 1.30. The molecule has 3 heteroatoms. The van der Waals surface area contributed by atoms with Gasteiger partial charge in [-0.25, -0.2) is 0 Å². The Morgan fingerprint density at radius 2 is 2.46 bits per heavy atom. The van der Waals surface area contributed by atoms with Gasteiger partial charge in [-0.3, -0.25) is 4.79 Å². The molecule has 0 unspecified atom stereocenters. The highest BCUT2D eigenvalue weighted by atomic mass is 32.2. The maximum absolute atomic E-state index is 10.6. The van der Waals surface area contributed by atoms with Crippen LogP contribution in [0.3, 0.4) is 0 Å². The van der Waals surface area contributed by atoms with Gasteiger partial charge >= 0.3 is 0 Å². The van der Waals surface area contributed by atoms with E-state index in [9.17, 15) is 4.79 Å². The van der Waals surface area contributed by atoms with Gasteiger partial charge in [0.15, 0.2) is 5.12 Å². The van der Waals surface area contributed by atoms with E-state index in [4.69, 9.17) is 0 Å². The molecular formula is C10H12OS2. The summed E-state index contributed by atoms with van der Waals surface area (Å²) in [5, 5.41) is 2.30. The smallest absolute Gasteiger partial charge is 0.186 e. The maximum Gasteiger partial charge on any atom is 0.186 e. The molecule has 0 aliphatic heterocycles. The third-order valence-electron chi connectivity index (χ3n) is 1.42. The van der Waals surface area contributed by atoms with Crippen molar-refractivity contribution in [3.63, 3.8) is 0 Å². The summed E-state index contributed by atoms with van der Waals surface area (Å²) in [6, 6.07) is 2.14. The molecule has 0 aliphatic rings. The van der Waals surface area contributed by atoms with E-state index in [0.29, 0.717) is 0 Å². The normalized spacial score (nSPS) is 10.9. The number of thiophene rings is 1. The molecule has 0 fully saturated rings. The van der Waals surface area contributed by atoms with Gasteiger partial charge < -0.3 is 0 Å². The van der Waals surface area contributed by atoms with E-state index in [1.54, 1.807) is 18.3 Å². The summed E-state index contributed by atoms with van der Waals surface area (Å²) in [6.07, 6.45) is 4.09. The average molecular weight is 212 g/mol. The minimum Gasteiger partial charge on any atom is -0.288 e. The molecule has 1 aromatic heterocycles. The summed E-state index contributed by atoms with van der Waals surface area (Å²) < 4.78 is 0. The van der Waals surface area contributed by atoms with Crippen LogP contribution in [0.4, 0.5) is 0 Å². The van der Waals surface area contributed by atoms with E-state index >= 15 is 0 Å². The number of carbonyl (C=O) groups is 1. The van der Waals surface area contributed by atoms with Gasteiger partial charge in [0.25, 0.3) is 0 Å². The van der Waals surface area contributed by atoms with Gasteiger partial charge in [-0.05, 0) is 30.0 Å². The highest BCUT2D eigenvalue weighted by molar-refractivity contribution is 8.13. The lowest BCUT2D eigenvalue weighted by molar-refractivity contribution is -0.109. The van der Waals surface area contributed by atoms with Crippen molar-refractivity contribution in [1.82, 2.24) is 0 Å². The first kappa shape index (κ1) is 10.5. The Hall–Kier alpha value is -0.540. The molecule has 0 aromatic carbocycles. The van der Waals surface area contributed by atoms with Crippen LogP contribution in [0.25, 0.3) is 6.08 Å². The van der Waals surface area contributed by atoms with Crippen molar-refractivity contribution in [2.75, 3.05) is 5.75 Å². The molecule has 1 aromatic rings. The molecule has 0 bridgehead atoms. The van der Waals surface area contributed by atoms with Crippen LogP contribution in [0.1, 0.15) is 17.4 Å². The molecule has 0 radical (unpaired) electrons. The Balaban J connectivity index is 2.36. The molecule has 1 nitrogen and oxygen atoms in total. The Kier molecular flexibility index (Phi) is 4.25.